The number of hydrogen-bond donors (Lipinski definition) is 0. The first-order valence-corrected chi connectivity index (χ1v) is 12.0. The Morgan fingerprint density at radius 3 is 1.56 bits per heavy atom. The van der Waals surface area contributed by atoms with Crippen molar-refractivity contribution >= 4 is 43.8 Å². The molecule has 132 valence electrons. The Kier molecular flexibility index (Phi) is 2.08. The number of ether oxygens (including phenoxy) is 1. The van der Waals surface area contributed by atoms with Crippen LogP contribution in [0, 0.1) is 70.0 Å². The summed E-state index contributed by atoms with van der Waals surface area (Å²) < 4.78 is 5.54. The predicted molar refractivity (Wildman–Crippen MR) is 94.8 cm³/mol. The number of cyclic esters (lactones) is 2. The molecule has 2 spiro atoms. The van der Waals surface area contributed by atoms with Gasteiger partial charge < -0.3 is 4.74 Å². The molecule has 0 N–H and O–H groups in total. The van der Waals surface area contributed by atoms with Crippen molar-refractivity contribution in [3.05, 3.63) is 0 Å². The van der Waals surface area contributed by atoms with Crippen LogP contribution in [0.4, 0.5) is 0 Å². The van der Waals surface area contributed by atoms with E-state index < -0.39 is 10.8 Å². The van der Waals surface area contributed by atoms with Gasteiger partial charge in [0.25, 0.3) is 0 Å². The Morgan fingerprint density at radius 2 is 1.12 bits per heavy atom. The molecule has 0 unspecified atom stereocenters. The predicted octanol–water partition coefficient (Wildman–Crippen LogP) is 3.39. The van der Waals surface area contributed by atoms with Crippen LogP contribution >= 0.6 is 31.9 Å². The van der Waals surface area contributed by atoms with Gasteiger partial charge >= 0.3 is 11.9 Å². The molecule has 0 aromatic carbocycles. The van der Waals surface area contributed by atoms with Crippen molar-refractivity contribution in [1.29, 1.82) is 0 Å². The van der Waals surface area contributed by atoms with Crippen LogP contribution in [0.15, 0.2) is 0 Å². The van der Waals surface area contributed by atoms with Gasteiger partial charge in [-0.15, -0.1) is 0 Å². The molecule has 5 heteroatoms. The van der Waals surface area contributed by atoms with Crippen LogP contribution in [0.25, 0.3) is 0 Å². The number of esters is 2. The molecule has 8 saturated carbocycles. The van der Waals surface area contributed by atoms with Crippen molar-refractivity contribution in [2.24, 2.45) is 70.0 Å². The highest BCUT2D eigenvalue weighted by Crippen LogP contribution is 2.99. The van der Waals surface area contributed by atoms with Gasteiger partial charge in [-0.1, -0.05) is 31.9 Å². The fourth-order valence-electron chi connectivity index (χ4n) is 11.5. The summed E-state index contributed by atoms with van der Waals surface area (Å²) in [5.74, 6) is 5.45. The fraction of sp³-hybridized carbons (Fsp3) is 0.900. The van der Waals surface area contributed by atoms with E-state index in [2.05, 4.69) is 31.9 Å². The van der Waals surface area contributed by atoms with Gasteiger partial charge in [-0.3, -0.25) is 9.59 Å². The molecule has 3 nitrogen and oxygen atoms in total. The van der Waals surface area contributed by atoms with Gasteiger partial charge in [0.2, 0.25) is 0 Å². The summed E-state index contributed by atoms with van der Waals surface area (Å²) in [7, 11) is 0. The molecule has 1 saturated heterocycles. The lowest BCUT2D eigenvalue weighted by Gasteiger charge is -2.54. The molecule has 1 heterocycles. The summed E-state index contributed by atoms with van der Waals surface area (Å²) in [6.07, 6.45) is 4.93. The van der Waals surface area contributed by atoms with E-state index in [1.807, 2.05) is 0 Å². The second-order valence-corrected chi connectivity index (χ2v) is 12.7. The molecule has 8 bridgehead atoms. The zero-order valence-electron chi connectivity index (χ0n) is 13.7. The van der Waals surface area contributed by atoms with Gasteiger partial charge in [0.1, 0.15) is 0 Å². The maximum absolute atomic E-state index is 13.4. The maximum Gasteiger partial charge on any atom is 0.321 e. The first kappa shape index (κ1) is 14.1. The van der Waals surface area contributed by atoms with Crippen LogP contribution < -0.4 is 0 Å². The lowest BCUT2D eigenvalue weighted by Crippen LogP contribution is -2.61. The second kappa shape index (κ2) is 3.68. The highest BCUT2D eigenvalue weighted by Gasteiger charge is 3.03. The average molecular weight is 468 g/mol. The van der Waals surface area contributed by atoms with Crippen LogP contribution in [0.3, 0.4) is 0 Å². The zero-order chi connectivity index (χ0) is 16.6. The average Bonchev–Trinajstić information content (AvgIpc) is 3.35. The molecule has 9 aliphatic rings. The highest BCUT2D eigenvalue weighted by molar-refractivity contribution is 9.09. The van der Waals surface area contributed by atoms with Gasteiger partial charge in [0, 0.05) is 9.65 Å². The summed E-state index contributed by atoms with van der Waals surface area (Å²) in [6.45, 7) is 0. The summed E-state index contributed by atoms with van der Waals surface area (Å²) >= 11 is 7.93. The van der Waals surface area contributed by atoms with E-state index in [1.54, 1.807) is 0 Å². The maximum atomic E-state index is 13.4. The van der Waals surface area contributed by atoms with Crippen molar-refractivity contribution in [1.82, 2.24) is 0 Å². The van der Waals surface area contributed by atoms with Crippen LogP contribution in [-0.2, 0) is 14.3 Å². The van der Waals surface area contributed by atoms with Crippen molar-refractivity contribution in [2.45, 2.75) is 35.3 Å². The minimum Gasteiger partial charge on any atom is -0.392 e. The monoisotopic (exact) mass is 466 g/mol. The SMILES string of the molecule is O=C1OC(=O)[C@]23[C@H]4[C@H]5[C@@H]6[C@H]([C@@H]7[C@@H](CC[C@@H]7Br)[C@@H]62)[C@]13[C@@H]5[C@@H]1CC[C@@H](Br)[C@H]14. The number of halogens is 2. The molecule has 0 radical (unpaired) electrons. The molecule has 25 heavy (non-hydrogen) atoms. The van der Waals surface area contributed by atoms with E-state index in [4.69, 9.17) is 4.74 Å². The molecule has 0 aromatic heterocycles. The van der Waals surface area contributed by atoms with Crippen molar-refractivity contribution in [2.75, 3.05) is 0 Å². The Labute approximate surface area is 163 Å². The van der Waals surface area contributed by atoms with E-state index in [0.29, 0.717) is 68.8 Å². The molecular formula is C20H20Br2O3. The largest absolute Gasteiger partial charge is 0.392 e. The summed E-state index contributed by atoms with van der Waals surface area (Å²) in [5.41, 5.74) is -0.824. The quantitative estimate of drug-likeness (QED) is 0.311. The number of carbonyl (C=O) groups is 2. The third-order valence-corrected chi connectivity index (χ3v) is 13.0. The van der Waals surface area contributed by atoms with Crippen LogP contribution in [0.2, 0.25) is 0 Å². The number of fused-ring (bicyclic) bond motifs is 2. The summed E-state index contributed by atoms with van der Waals surface area (Å²) in [5, 5.41) is 0. The zero-order valence-corrected chi connectivity index (χ0v) is 16.9. The lowest BCUT2D eigenvalue weighted by molar-refractivity contribution is -0.163. The Balaban J connectivity index is 1.45. The first-order chi connectivity index (χ1) is 12.1. The van der Waals surface area contributed by atoms with Crippen LogP contribution in [0.5, 0.6) is 0 Å². The number of hydrogen-bond acceptors (Lipinski definition) is 3. The van der Waals surface area contributed by atoms with Gasteiger partial charge in [0.15, 0.2) is 0 Å². The second-order valence-electron chi connectivity index (χ2n) is 10.3. The van der Waals surface area contributed by atoms with E-state index in [1.165, 1.54) is 25.7 Å². The fourth-order valence-corrected chi connectivity index (χ4v) is 13.5. The molecule has 0 aromatic rings. The van der Waals surface area contributed by atoms with Gasteiger partial charge in [-0.25, -0.2) is 0 Å². The number of rotatable bonds is 0. The first-order valence-electron chi connectivity index (χ1n) is 10.1. The van der Waals surface area contributed by atoms with Crippen molar-refractivity contribution < 1.29 is 14.3 Å². The molecule has 0 amide bonds. The highest BCUT2D eigenvalue weighted by atomic mass is 79.9. The molecular weight excluding hydrogens is 448 g/mol. The Morgan fingerprint density at radius 1 is 0.680 bits per heavy atom. The van der Waals surface area contributed by atoms with E-state index >= 15 is 0 Å². The molecule has 9 fully saturated rings. The van der Waals surface area contributed by atoms with E-state index in [0.717, 1.165) is 0 Å². The topological polar surface area (TPSA) is 43.4 Å². The minimum absolute atomic E-state index is 0.0912. The molecule has 1 aliphatic heterocycles. The molecule has 14 atom stereocenters. The van der Waals surface area contributed by atoms with E-state index in [9.17, 15) is 9.59 Å². The summed E-state index contributed by atoms with van der Waals surface area (Å²) in [6, 6.07) is 0. The summed E-state index contributed by atoms with van der Waals surface area (Å²) in [4.78, 5) is 27.8. The normalized spacial score (nSPS) is 75.0. The number of carbonyl (C=O) groups excluding carboxylic acids is 2. The van der Waals surface area contributed by atoms with Gasteiger partial charge in [-0.05, 0) is 84.9 Å². The molecule has 9 rings (SSSR count). The standard InChI is InChI=1S/C20H20Br2O3/c21-7-3-1-5-9(7)15-11-12-14-6-2-4-8(22)10(6)16(12)19(13(5)11)17(23)25-18(24)20(14,15)19/h5-16H,1-4H2/t5-,6-,7-,8+,9+,10-,11+,12+,13-,14+,15-,16+,19-,20-/m1/s1. The Hall–Kier alpha value is 0.1000. The van der Waals surface area contributed by atoms with Crippen molar-refractivity contribution in [3.63, 3.8) is 0 Å². The van der Waals surface area contributed by atoms with Gasteiger partial charge in [-0.2, -0.15) is 0 Å². The smallest absolute Gasteiger partial charge is 0.321 e. The Bertz CT molecular complexity index is 734. The molecule has 8 aliphatic carbocycles. The number of alkyl halides is 2. The van der Waals surface area contributed by atoms with Gasteiger partial charge in [0.05, 0.1) is 10.8 Å². The minimum atomic E-state index is -0.412. The van der Waals surface area contributed by atoms with Crippen LogP contribution in [-0.4, -0.2) is 21.6 Å². The lowest BCUT2D eigenvalue weighted by atomic mass is 9.45. The third kappa shape index (κ3) is 0.954. The van der Waals surface area contributed by atoms with Crippen molar-refractivity contribution in [3.8, 4) is 0 Å². The third-order valence-electron chi connectivity index (χ3n) is 10.9. The van der Waals surface area contributed by atoms with E-state index in [-0.39, 0.29) is 11.9 Å². The van der Waals surface area contributed by atoms with Crippen LogP contribution in [0.1, 0.15) is 25.7 Å².